The zero-order chi connectivity index (χ0) is 14.6. The van der Waals surface area contributed by atoms with Gasteiger partial charge in [0.2, 0.25) is 15.9 Å². The van der Waals surface area contributed by atoms with E-state index < -0.39 is 10.0 Å². The summed E-state index contributed by atoms with van der Waals surface area (Å²) >= 11 is 0. The van der Waals surface area contributed by atoms with Gasteiger partial charge in [-0.25, -0.2) is 8.42 Å². The number of carbonyl (C=O) groups is 1. The van der Waals surface area contributed by atoms with E-state index in [1.807, 2.05) is 13.8 Å². The number of amides is 1. The monoisotopic (exact) mass is 288 g/mol. The van der Waals surface area contributed by atoms with Crippen LogP contribution in [0.3, 0.4) is 0 Å². The molecule has 7 nitrogen and oxygen atoms in total. The van der Waals surface area contributed by atoms with Crippen LogP contribution < -0.4 is 5.32 Å². The quantitative estimate of drug-likeness (QED) is 0.784. The molecule has 0 radical (unpaired) electrons. The number of hydrogen-bond acceptors (Lipinski definition) is 4. The number of nitrogens with zero attached hydrogens (tertiary/aromatic N) is 2. The molecule has 0 aromatic carbocycles. The predicted molar refractivity (Wildman–Crippen MR) is 71.0 cm³/mol. The van der Waals surface area contributed by atoms with Gasteiger partial charge in [-0.2, -0.15) is 9.40 Å². The Labute approximate surface area is 113 Å². The van der Waals surface area contributed by atoms with Gasteiger partial charge in [-0.1, -0.05) is 6.92 Å². The molecule has 0 fully saturated rings. The van der Waals surface area contributed by atoms with Gasteiger partial charge in [0, 0.05) is 12.6 Å². The van der Waals surface area contributed by atoms with Crippen molar-refractivity contribution in [2.45, 2.75) is 38.6 Å². The van der Waals surface area contributed by atoms with Crippen LogP contribution in [0.1, 0.15) is 26.5 Å². The maximum atomic E-state index is 12.4. The van der Waals surface area contributed by atoms with E-state index >= 15 is 0 Å². The molecule has 19 heavy (non-hydrogen) atoms. The molecule has 0 spiro atoms. The van der Waals surface area contributed by atoms with Gasteiger partial charge < -0.3 is 5.32 Å². The fourth-order valence-electron chi connectivity index (χ4n) is 1.63. The second-order valence-electron chi connectivity index (χ2n) is 4.51. The molecule has 108 valence electrons. The average molecular weight is 288 g/mol. The van der Waals surface area contributed by atoms with E-state index in [0.29, 0.717) is 5.69 Å². The first-order valence-electron chi connectivity index (χ1n) is 6.08. The fraction of sp³-hybridized carbons (Fsp3) is 0.636. The lowest BCUT2D eigenvalue weighted by Crippen LogP contribution is -2.42. The van der Waals surface area contributed by atoms with Gasteiger partial charge in [0.15, 0.2) is 0 Å². The van der Waals surface area contributed by atoms with E-state index in [1.54, 1.807) is 13.8 Å². The molecule has 1 heterocycles. The van der Waals surface area contributed by atoms with Gasteiger partial charge in [-0.05, 0) is 20.8 Å². The van der Waals surface area contributed by atoms with Crippen molar-refractivity contribution in [2.24, 2.45) is 0 Å². The third kappa shape index (κ3) is 3.77. The predicted octanol–water partition coefficient (Wildman–Crippen LogP) is 0.253. The van der Waals surface area contributed by atoms with E-state index in [-0.39, 0.29) is 29.9 Å². The molecule has 0 aliphatic carbocycles. The van der Waals surface area contributed by atoms with E-state index in [0.717, 1.165) is 4.31 Å². The molecule has 0 aliphatic rings. The summed E-state index contributed by atoms with van der Waals surface area (Å²) in [5.41, 5.74) is 0.461. The molecule has 0 saturated carbocycles. The van der Waals surface area contributed by atoms with Crippen molar-refractivity contribution in [1.29, 1.82) is 0 Å². The summed E-state index contributed by atoms with van der Waals surface area (Å²) in [4.78, 5) is 11.8. The molecule has 0 saturated heterocycles. The smallest absolute Gasteiger partial charge is 0.246 e. The number of aromatic nitrogens is 2. The number of carbonyl (C=O) groups excluding carboxylic acids is 1. The number of likely N-dealkylation sites (N-methyl/N-ethyl adjacent to an activating group) is 1. The highest BCUT2D eigenvalue weighted by atomic mass is 32.2. The second kappa shape index (κ2) is 6.16. The highest BCUT2D eigenvalue weighted by Gasteiger charge is 2.27. The summed E-state index contributed by atoms with van der Waals surface area (Å²) in [5, 5.41) is 8.95. The number of rotatable bonds is 6. The minimum absolute atomic E-state index is 0.0235. The third-order valence-electron chi connectivity index (χ3n) is 2.52. The summed E-state index contributed by atoms with van der Waals surface area (Å²) in [5.74, 6) is -0.318. The fourth-order valence-corrected chi connectivity index (χ4v) is 3.16. The van der Waals surface area contributed by atoms with Gasteiger partial charge in [0.1, 0.15) is 4.90 Å². The molecule has 1 rings (SSSR count). The Hall–Kier alpha value is -1.41. The van der Waals surface area contributed by atoms with Crippen molar-refractivity contribution >= 4 is 15.9 Å². The van der Waals surface area contributed by atoms with Gasteiger partial charge in [0.05, 0.1) is 18.4 Å². The van der Waals surface area contributed by atoms with Crippen LogP contribution in [0.4, 0.5) is 0 Å². The minimum Gasteiger partial charge on any atom is -0.353 e. The Morgan fingerprint density at radius 2 is 2.16 bits per heavy atom. The molecule has 0 bridgehead atoms. The Bertz CT molecular complexity index is 536. The topological polar surface area (TPSA) is 95.2 Å². The van der Waals surface area contributed by atoms with Gasteiger partial charge in [0.25, 0.3) is 0 Å². The van der Waals surface area contributed by atoms with Crippen molar-refractivity contribution in [1.82, 2.24) is 19.8 Å². The van der Waals surface area contributed by atoms with Crippen LogP contribution in [-0.4, -0.2) is 48.0 Å². The summed E-state index contributed by atoms with van der Waals surface area (Å²) in [6.07, 6.45) is 1.26. The van der Waals surface area contributed by atoms with Crippen LogP contribution in [0, 0.1) is 6.92 Å². The molecule has 0 aliphatic heterocycles. The lowest BCUT2D eigenvalue weighted by molar-refractivity contribution is -0.121. The summed E-state index contributed by atoms with van der Waals surface area (Å²) in [6, 6.07) is -0.0235. The van der Waals surface area contributed by atoms with Gasteiger partial charge in [-0.3, -0.25) is 9.89 Å². The zero-order valence-electron chi connectivity index (χ0n) is 11.6. The summed E-state index contributed by atoms with van der Waals surface area (Å²) in [6.45, 7) is 6.99. The minimum atomic E-state index is -3.69. The molecule has 0 atom stereocenters. The highest BCUT2D eigenvalue weighted by Crippen LogP contribution is 2.17. The molecular formula is C11H20N4O3S. The Morgan fingerprint density at radius 3 is 2.58 bits per heavy atom. The largest absolute Gasteiger partial charge is 0.353 e. The van der Waals surface area contributed by atoms with Crippen LogP contribution in [-0.2, 0) is 14.8 Å². The molecule has 2 N–H and O–H groups in total. The number of hydrogen-bond donors (Lipinski definition) is 2. The summed E-state index contributed by atoms with van der Waals surface area (Å²) < 4.78 is 25.8. The highest BCUT2D eigenvalue weighted by molar-refractivity contribution is 7.89. The Kier molecular flexibility index (Phi) is 5.07. The van der Waals surface area contributed by atoms with Crippen molar-refractivity contribution < 1.29 is 13.2 Å². The maximum Gasteiger partial charge on any atom is 0.246 e. The first-order valence-corrected chi connectivity index (χ1v) is 7.52. The number of aromatic amines is 1. The standard InChI is InChI=1S/C11H20N4O3S/c1-5-15(7-11(16)13-8(2)3)19(17,18)10-6-12-14-9(10)4/h6,8H,5,7H2,1-4H3,(H,12,14)(H,13,16). The second-order valence-corrected chi connectivity index (χ2v) is 6.42. The van der Waals surface area contributed by atoms with E-state index in [2.05, 4.69) is 15.5 Å². The van der Waals surface area contributed by atoms with Crippen LogP contribution in [0.25, 0.3) is 0 Å². The average Bonchev–Trinajstić information content (AvgIpc) is 2.71. The molecular weight excluding hydrogens is 268 g/mol. The maximum absolute atomic E-state index is 12.4. The van der Waals surface area contributed by atoms with Crippen LogP contribution >= 0.6 is 0 Å². The van der Waals surface area contributed by atoms with Gasteiger partial charge >= 0.3 is 0 Å². The molecule has 8 heteroatoms. The zero-order valence-corrected chi connectivity index (χ0v) is 12.4. The normalized spacial score (nSPS) is 12.1. The molecule has 1 aromatic rings. The number of nitrogens with one attached hydrogen (secondary N) is 2. The van der Waals surface area contributed by atoms with Gasteiger partial charge in [-0.15, -0.1) is 0 Å². The third-order valence-corrected chi connectivity index (χ3v) is 4.56. The van der Waals surface area contributed by atoms with E-state index in [4.69, 9.17) is 0 Å². The van der Waals surface area contributed by atoms with Crippen molar-refractivity contribution in [2.75, 3.05) is 13.1 Å². The van der Waals surface area contributed by atoms with Crippen LogP contribution in [0.5, 0.6) is 0 Å². The van der Waals surface area contributed by atoms with E-state index in [1.165, 1.54) is 6.20 Å². The van der Waals surface area contributed by atoms with Crippen molar-refractivity contribution in [3.8, 4) is 0 Å². The number of aryl methyl sites for hydroxylation is 1. The Balaban J connectivity index is 2.91. The number of H-pyrrole nitrogens is 1. The SMILES string of the molecule is CCN(CC(=O)NC(C)C)S(=O)(=O)c1cn[nH]c1C. The molecule has 1 aromatic heterocycles. The summed E-state index contributed by atoms with van der Waals surface area (Å²) in [7, 11) is -3.69. The first-order chi connectivity index (χ1) is 8.78. The van der Waals surface area contributed by atoms with Crippen molar-refractivity contribution in [3.05, 3.63) is 11.9 Å². The van der Waals surface area contributed by atoms with Crippen molar-refractivity contribution in [3.63, 3.8) is 0 Å². The van der Waals surface area contributed by atoms with E-state index in [9.17, 15) is 13.2 Å². The lowest BCUT2D eigenvalue weighted by atomic mass is 10.4. The number of sulfonamides is 1. The molecule has 1 amide bonds. The first kappa shape index (κ1) is 15.6. The van der Waals surface area contributed by atoms with Crippen LogP contribution in [0.2, 0.25) is 0 Å². The van der Waals surface area contributed by atoms with Crippen LogP contribution in [0.15, 0.2) is 11.1 Å². The Morgan fingerprint density at radius 1 is 1.53 bits per heavy atom. The lowest BCUT2D eigenvalue weighted by Gasteiger charge is -2.20. The molecule has 0 unspecified atom stereocenters.